The van der Waals surface area contributed by atoms with Crippen molar-refractivity contribution in [3.63, 3.8) is 0 Å². The van der Waals surface area contributed by atoms with Crippen LogP contribution < -0.4 is 0 Å². The van der Waals surface area contributed by atoms with Gasteiger partial charge in [-0.05, 0) is 30.2 Å². The highest BCUT2D eigenvalue weighted by Crippen LogP contribution is 2.32. The second kappa shape index (κ2) is 8.98. The fourth-order valence-electron chi connectivity index (χ4n) is 3.83. The topological polar surface area (TPSA) is 70.6 Å². The SMILES string of the molecule is CC(C)c1cc(C(=O)N2CCN(S(=O)(=O)c3c(Cl)cccc3Cl)CC2)c2ccccc2n1. The molecule has 1 fully saturated rings. The zero-order chi connectivity index (χ0) is 23.0. The van der Waals surface area contributed by atoms with Crippen LogP contribution in [0.1, 0.15) is 35.8 Å². The van der Waals surface area contributed by atoms with Gasteiger partial charge in [0.15, 0.2) is 0 Å². The summed E-state index contributed by atoms with van der Waals surface area (Å²) < 4.78 is 27.6. The number of sulfonamides is 1. The first-order chi connectivity index (χ1) is 15.2. The Morgan fingerprint density at radius 3 is 2.22 bits per heavy atom. The summed E-state index contributed by atoms with van der Waals surface area (Å²) in [5, 5.41) is 0.959. The van der Waals surface area contributed by atoms with E-state index in [-0.39, 0.29) is 52.9 Å². The highest BCUT2D eigenvalue weighted by Gasteiger charge is 2.33. The summed E-state index contributed by atoms with van der Waals surface area (Å²) in [6, 6.07) is 14.0. The maximum atomic E-state index is 13.4. The van der Waals surface area contributed by atoms with Crippen LogP contribution in [0.5, 0.6) is 0 Å². The minimum atomic E-state index is -3.87. The molecule has 4 rings (SSSR count). The molecule has 1 aliphatic rings. The second-order valence-electron chi connectivity index (χ2n) is 8.01. The Hall–Kier alpha value is -2.19. The van der Waals surface area contributed by atoms with Crippen LogP contribution in [0.2, 0.25) is 10.0 Å². The summed E-state index contributed by atoms with van der Waals surface area (Å²) in [7, 11) is -3.87. The third-order valence-electron chi connectivity index (χ3n) is 5.60. The molecule has 3 aromatic rings. The molecular weight excluding hydrogens is 469 g/mol. The van der Waals surface area contributed by atoms with Gasteiger partial charge in [0.1, 0.15) is 4.90 Å². The lowest BCUT2D eigenvalue weighted by Crippen LogP contribution is -2.50. The molecule has 168 valence electrons. The van der Waals surface area contributed by atoms with Gasteiger partial charge in [-0.15, -0.1) is 0 Å². The van der Waals surface area contributed by atoms with Crippen molar-refractivity contribution in [1.29, 1.82) is 0 Å². The van der Waals surface area contributed by atoms with Crippen LogP contribution in [-0.4, -0.2) is 54.7 Å². The molecule has 6 nitrogen and oxygen atoms in total. The second-order valence-corrected chi connectivity index (χ2v) is 10.7. The van der Waals surface area contributed by atoms with Gasteiger partial charge < -0.3 is 4.90 Å². The molecule has 1 aromatic heterocycles. The van der Waals surface area contributed by atoms with Crippen LogP contribution >= 0.6 is 23.2 Å². The number of hydrogen-bond donors (Lipinski definition) is 0. The van der Waals surface area contributed by atoms with Gasteiger partial charge in [0, 0.05) is 37.3 Å². The summed E-state index contributed by atoms with van der Waals surface area (Å²) >= 11 is 12.3. The summed E-state index contributed by atoms with van der Waals surface area (Å²) in [5.74, 6) is 0.0480. The fraction of sp³-hybridized carbons (Fsp3) is 0.304. The number of amides is 1. The first-order valence-corrected chi connectivity index (χ1v) is 12.5. The summed E-state index contributed by atoms with van der Waals surface area (Å²) in [4.78, 5) is 19.7. The number of pyridine rings is 1. The summed E-state index contributed by atoms with van der Waals surface area (Å²) in [5.41, 5.74) is 2.21. The Morgan fingerprint density at radius 2 is 1.59 bits per heavy atom. The highest BCUT2D eigenvalue weighted by molar-refractivity contribution is 7.89. The van der Waals surface area contributed by atoms with E-state index < -0.39 is 10.0 Å². The third kappa shape index (κ3) is 4.22. The smallest absolute Gasteiger partial charge is 0.254 e. The number of carbonyl (C=O) groups excluding carboxylic acids is 1. The Balaban J connectivity index is 1.59. The Labute approximate surface area is 197 Å². The van der Waals surface area contributed by atoms with E-state index in [1.54, 1.807) is 11.0 Å². The first kappa shape index (κ1) is 23.0. The van der Waals surface area contributed by atoms with Crippen LogP contribution in [0.15, 0.2) is 53.4 Å². The quantitative estimate of drug-likeness (QED) is 0.524. The van der Waals surface area contributed by atoms with E-state index in [0.717, 1.165) is 16.6 Å². The zero-order valence-electron chi connectivity index (χ0n) is 17.8. The summed E-state index contributed by atoms with van der Waals surface area (Å²) in [6.45, 7) is 4.94. The van der Waals surface area contributed by atoms with Crippen LogP contribution in [0.3, 0.4) is 0 Å². The molecular formula is C23H23Cl2N3O3S. The normalized spacial score (nSPS) is 15.5. The van der Waals surface area contributed by atoms with Gasteiger partial charge in [-0.25, -0.2) is 8.42 Å². The highest BCUT2D eigenvalue weighted by atomic mass is 35.5. The molecule has 0 radical (unpaired) electrons. The molecule has 32 heavy (non-hydrogen) atoms. The third-order valence-corrected chi connectivity index (χ3v) is 8.46. The maximum Gasteiger partial charge on any atom is 0.254 e. The molecule has 2 aromatic carbocycles. The van der Waals surface area contributed by atoms with Gasteiger partial charge in [0.05, 0.1) is 21.1 Å². The Kier molecular flexibility index (Phi) is 6.45. The molecule has 0 aliphatic carbocycles. The predicted molar refractivity (Wildman–Crippen MR) is 127 cm³/mol. The van der Waals surface area contributed by atoms with E-state index in [4.69, 9.17) is 23.2 Å². The van der Waals surface area contributed by atoms with Crippen LogP contribution in [0.25, 0.3) is 10.9 Å². The molecule has 0 atom stereocenters. The number of aromatic nitrogens is 1. The van der Waals surface area contributed by atoms with Crippen molar-refractivity contribution in [3.8, 4) is 0 Å². The van der Waals surface area contributed by atoms with Gasteiger partial charge >= 0.3 is 0 Å². The molecule has 1 saturated heterocycles. The molecule has 1 amide bonds. The van der Waals surface area contributed by atoms with Gasteiger partial charge in [0.25, 0.3) is 5.91 Å². The Bertz CT molecular complexity index is 1270. The van der Waals surface area contributed by atoms with Crippen molar-refractivity contribution in [2.24, 2.45) is 0 Å². The molecule has 1 aliphatic heterocycles. The number of halogens is 2. The lowest BCUT2D eigenvalue weighted by Gasteiger charge is -2.34. The van der Waals surface area contributed by atoms with Crippen molar-refractivity contribution < 1.29 is 13.2 Å². The molecule has 9 heteroatoms. The number of para-hydroxylation sites is 1. The van der Waals surface area contributed by atoms with E-state index in [1.807, 2.05) is 44.2 Å². The van der Waals surface area contributed by atoms with Gasteiger partial charge in [0.2, 0.25) is 10.0 Å². The van der Waals surface area contributed by atoms with E-state index in [9.17, 15) is 13.2 Å². The fourth-order valence-corrected chi connectivity index (χ4v) is 6.34. The largest absolute Gasteiger partial charge is 0.336 e. The number of piperazine rings is 1. The van der Waals surface area contributed by atoms with Gasteiger partial charge in [-0.3, -0.25) is 9.78 Å². The maximum absolute atomic E-state index is 13.4. The standard InChI is InChI=1S/C23H23Cl2N3O3S/c1-15(2)21-14-17(16-6-3-4-9-20(16)26-21)23(29)27-10-12-28(13-11-27)32(30,31)22-18(24)7-5-8-19(22)25/h3-9,14-15H,10-13H2,1-2H3. The molecule has 0 saturated carbocycles. The number of carbonyl (C=O) groups is 1. The van der Waals surface area contributed by atoms with E-state index >= 15 is 0 Å². The predicted octanol–water partition coefficient (Wildman–Crippen LogP) is 4.81. The Morgan fingerprint density at radius 1 is 0.969 bits per heavy atom. The van der Waals surface area contributed by atoms with E-state index in [1.165, 1.54) is 16.4 Å². The zero-order valence-corrected chi connectivity index (χ0v) is 20.1. The number of benzene rings is 2. The molecule has 0 N–H and O–H groups in total. The summed E-state index contributed by atoms with van der Waals surface area (Å²) in [6.07, 6.45) is 0. The first-order valence-electron chi connectivity index (χ1n) is 10.3. The van der Waals surface area contributed by atoms with Crippen LogP contribution in [-0.2, 0) is 10.0 Å². The van der Waals surface area contributed by atoms with Crippen molar-refractivity contribution >= 4 is 50.0 Å². The van der Waals surface area contributed by atoms with Crippen molar-refractivity contribution in [1.82, 2.24) is 14.2 Å². The number of hydrogen-bond acceptors (Lipinski definition) is 4. The van der Waals surface area contributed by atoms with Gasteiger partial charge in [-0.1, -0.05) is 61.3 Å². The molecule has 0 unspecified atom stereocenters. The average molecular weight is 492 g/mol. The van der Waals surface area contributed by atoms with Gasteiger partial charge in [-0.2, -0.15) is 4.31 Å². The van der Waals surface area contributed by atoms with Crippen molar-refractivity contribution in [2.75, 3.05) is 26.2 Å². The number of fused-ring (bicyclic) bond motifs is 1. The lowest BCUT2D eigenvalue weighted by molar-refractivity contribution is 0.0699. The van der Waals surface area contributed by atoms with Crippen molar-refractivity contribution in [3.05, 3.63) is 69.8 Å². The van der Waals surface area contributed by atoms with Crippen molar-refractivity contribution in [2.45, 2.75) is 24.7 Å². The number of nitrogens with zero attached hydrogens (tertiary/aromatic N) is 3. The van der Waals surface area contributed by atoms with E-state index in [2.05, 4.69) is 4.98 Å². The van der Waals surface area contributed by atoms with E-state index in [0.29, 0.717) is 5.56 Å². The average Bonchev–Trinajstić information content (AvgIpc) is 2.77. The number of rotatable bonds is 4. The minimum Gasteiger partial charge on any atom is -0.336 e. The lowest BCUT2D eigenvalue weighted by atomic mass is 10.0. The molecule has 0 spiro atoms. The monoisotopic (exact) mass is 491 g/mol. The van der Waals surface area contributed by atoms with Crippen LogP contribution in [0.4, 0.5) is 0 Å². The minimum absolute atomic E-state index is 0.0838. The van der Waals surface area contributed by atoms with Crippen LogP contribution in [0, 0.1) is 0 Å². The molecule has 2 heterocycles. The molecule has 0 bridgehead atoms.